The van der Waals surface area contributed by atoms with E-state index in [-0.39, 0.29) is 0 Å². The second-order valence-corrected chi connectivity index (χ2v) is 4.02. The normalized spacial score (nSPS) is 26.8. The first-order valence-electron chi connectivity index (χ1n) is 4.40. The quantitative estimate of drug-likeness (QED) is 0.703. The van der Waals surface area contributed by atoms with Crippen molar-refractivity contribution in [1.29, 1.82) is 0 Å². The molecule has 12 heavy (non-hydrogen) atoms. The van der Waals surface area contributed by atoms with Gasteiger partial charge in [0.2, 0.25) is 0 Å². The molecule has 0 unspecified atom stereocenters. The van der Waals surface area contributed by atoms with Gasteiger partial charge < -0.3 is 0 Å². The minimum Gasteiger partial charge on any atom is -0.262 e. The van der Waals surface area contributed by atoms with E-state index in [2.05, 4.69) is 15.5 Å². The maximum Gasteiger partial charge on any atom is 0.177 e. The monoisotopic (exact) mass is 183 g/mol. The van der Waals surface area contributed by atoms with E-state index in [4.69, 9.17) is 0 Å². The Morgan fingerprint density at radius 2 is 2.50 bits per heavy atom. The first-order chi connectivity index (χ1) is 5.90. The Balaban J connectivity index is 1.94. The molecule has 1 heterocycles. The van der Waals surface area contributed by atoms with Crippen molar-refractivity contribution >= 4 is 22.6 Å². The Bertz CT molecular complexity index is 230. The molecular formula is C8H13N3S. The van der Waals surface area contributed by atoms with E-state index in [1.54, 1.807) is 11.8 Å². The number of hydrogen-bond donors (Lipinski definition) is 1. The maximum atomic E-state index is 4.31. The van der Waals surface area contributed by atoms with Gasteiger partial charge in [0.05, 0.1) is 5.71 Å². The molecular weight excluding hydrogens is 170 g/mol. The molecule has 0 radical (unpaired) electrons. The highest BCUT2D eigenvalue weighted by Crippen LogP contribution is 2.32. The van der Waals surface area contributed by atoms with E-state index in [0.717, 1.165) is 23.4 Å². The van der Waals surface area contributed by atoms with Crippen molar-refractivity contribution in [2.24, 2.45) is 16.0 Å². The molecule has 2 aliphatic rings. The average molecular weight is 183 g/mol. The third-order valence-corrected chi connectivity index (χ3v) is 2.94. The van der Waals surface area contributed by atoms with Crippen LogP contribution in [-0.4, -0.2) is 23.2 Å². The van der Waals surface area contributed by atoms with Gasteiger partial charge in [-0.1, -0.05) is 11.8 Å². The zero-order valence-corrected chi connectivity index (χ0v) is 8.02. The van der Waals surface area contributed by atoms with Gasteiger partial charge in [-0.2, -0.15) is 5.10 Å². The third-order valence-electron chi connectivity index (χ3n) is 2.00. The molecule has 0 aromatic rings. The standard InChI is InChI=1S/C8H13N3S/c1-2-9-8-11-10-7(5-12-8)6-3-4-6/h6H,2-5H2,1H3,(H,9,11). The lowest BCUT2D eigenvalue weighted by Crippen LogP contribution is -2.25. The molecule has 0 atom stereocenters. The minimum atomic E-state index is 0.785. The minimum absolute atomic E-state index is 0.785. The van der Waals surface area contributed by atoms with Gasteiger partial charge in [-0.05, 0) is 25.7 Å². The van der Waals surface area contributed by atoms with Gasteiger partial charge in [0.1, 0.15) is 0 Å². The van der Waals surface area contributed by atoms with Gasteiger partial charge in [-0.15, -0.1) is 0 Å². The average Bonchev–Trinajstić information content (AvgIpc) is 2.89. The first-order valence-corrected chi connectivity index (χ1v) is 5.38. The number of thioether (sulfide) groups is 1. The van der Waals surface area contributed by atoms with Crippen LogP contribution in [0.5, 0.6) is 0 Å². The van der Waals surface area contributed by atoms with E-state index >= 15 is 0 Å². The largest absolute Gasteiger partial charge is 0.262 e. The molecule has 1 saturated carbocycles. The van der Waals surface area contributed by atoms with Crippen molar-refractivity contribution < 1.29 is 0 Å². The molecule has 4 heteroatoms. The van der Waals surface area contributed by atoms with Crippen molar-refractivity contribution in [2.45, 2.75) is 19.8 Å². The number of rotatable bonds is 2. The lowest BCUT2D eigenvalue weighted by Gasteiger charge is -2.13. The van der Waals surface area contributed by atoms with Crippen LogP contribution in [0, 0.1) is 5.92 Å². The SMILES string of the molecule is CCN=C1NN=C(C2CC2)CS1. The van der Waals surface area contributed by atoms with Crippen molar-refractivity contribution in [3.63, 3.8) is 0 Å². The summed E-state index contributed by atoms with van der Waals surface area (Å²) in [5.74, 6) is 1.82. The van der Waals surface area contributed by atoms with E-state index < -0.39 is 0 Å². The Kier molecular flexibility index (Phi) is 2.35. The van der Waals surface area contributed by atoms with E-state index in [1.165, 1.54) is 18.6 Å². The van der Waals surface area contributed by atoms with Crippen molar-refractivity contribution in [2.75, 3.05) is 12.3 Å². The number of hydrogen-bond acceptors (Lipinski definition) is 3. The van der Waals surface area contributed by atoms with Crippen molar-refractivity contribution in [3.05, 3.63) is 0 Å². The van der Waals surface area contributed by atoms with Crippen LogP contribution in [0.1, 0.15) is 19.8 Å². The fraction of sp³-hybridized carbons (Fsp3) is 0.750. The molecule has 0 aromatic carbocycles. The summed E-state index contributed by atoms with van der Waals surface area (Å²) in [7, 11) is 0. The molecule has 2 rings (SSSR count). The lowest BCUT2D eigenvalue weighted by molar-refractivity contribution is 0.977. The number of amidine groups is 1. The van der Waals surface area contributed by atoms with Gasteiger partial charge in [0, 0.05) is 12.3 Å². The molecule has 1 fully saturated rings. The topological polar surface area (TPSA) is 36.8 Å². The molecule has 0 amide bonds. The Labute approximate surface area is 76.7 Å². The van der Waals surface area contributed by atoms with Crippen molar-refractivity contribution in [3.8, 4) is 0 Å². The number of nitrogens with one attached hydrogen (secondary N) is 1. The molecule has 1 N–H and O–H groups in total. The molecule has 1 aliphatic carbocycles. The van der Waals surface area contributed by atoms with Crippen LogP contribution >= 0.6 is 11.8 Å². The van der Waals surface area contributed by atoms with Crippen LogP contribution < -0.4 is 5.43 Å². The summed E-state index contributed by atoms with van der Waals surface area (Å²) in [6, 6.07) is 0. The van der Waals surface area contributed by atoms with Gasteiger partial charge in [-0.3, -0.25) is 10.4 Å². The fourth-order valence-corrected chi connectivity index (χ4v) is 2.09. The zero-order valence-electron chi connectivity index (χ0n) is 7.21. The first kappa shape index (κ1) is 8.10. The second-order valence-electron chi connectivity index (χ2n) is 3.06. The van der Waals surface area contributed by atoms with Crippen LogP contribution in [-0.2, 0) is 0 Å². The third kappa shape index (κ3) is 1.80. The lowest BCUT2D eigenvalue weighted by atomic mass is 10.3. The highest BCUT2D eigenvalue weighted by molar-refractivity contribution is 8.14. The summed E-state index contributed by atoms with van der Waals surface area (Å²) in [6.45, 7) is 2.87. The summed E-state index contributed by atoms with van der Waals surface area (Å²) in [5.41, 5.74) is 4.32. The predicted molar refractivity (Wildman–Crippen MR) is 53.7 cm³/mol. The maximum absolute atomic E-state index is 4.31. The van der Waals surface area contributed by atoms with Gasteiger partial charge in [0.15, 0.2) is 5.17 Å². The highest BCUT2D eigenvalue weighted by Gasteiger charge is 2.29. The molecule has 0 aromatic heterocycles. The zero-order chi connectivity index (χ0) is 8.39. The number of nitrogens with zero attached hydrogens (tertiary/aromatic N) is 2. The van der Waals surface area contributed by atoms with Gasteiger partial charge in [-0.25, -0.2) is 0 Å². The smallest absolute Gasteiger partial charge is 0.177 e. The Morgan fingerprint density at radius 1 is 1.67 bits per heavy atom. The van der Waals surface area contributed by atoms with Crippen LogP contribution in [0.4, 0.5) is 0 Å². The second kappa shape index (κ2) is 3.47. The van der Waals surface area contributed by atoms with Crippen LogP contribution in [0.15, 0.2) is 10.1 Å². The highest BCUT2D eigenvalue weighted by atomic mass is 32.2. The number of aliphatic imine (C=N–C) groups is 1. The van der Waals surface area contributed by atoms with E-state index in [0.29, 0.717) is 0 Å². The van der Waals surface area contributed by atoms with E-state index in [9.17, 15) is 0 Å². The van der Waals surface area contributed by atoms with Crippen molar-refractivity contribution in [1.82, 2.24) is 5.43 Å². The molecule has 66 valence electrons. The summed E-state index contributed by atoms with van der Waals surface area (Å²) in [4.78, 5) is 4.26. The Morgan fingerprint density at radius 3 is 3.00 bits per heavy atom. The molecule has 1 aliphatic heterocycles. The predicted octanol–water partition coefficient (Wildman–Crippen LogP) is 1.46. The summed E-state index contributed by atoms with van der Waals surface area (Å²) < 4.78 is 0. The van der Waals surface area contributed by atoms with Crippen LogP contribution in [0.3, 0.4) is 0 Å². The summed E-state index contributed by atoms with van der Waals surface area (Å²) in [6.07, 6.45) is 2.67. The van der Waals surface area contributed by atoms with Gasteiger partial charge in [0.25, 0.3) is 0 Å². The number of hydrazone groups is 1. The molecule has 0 bridgehead atoms. The fourth-order valence-electron chi connectivity index (χ4n) is 1.18. The van der Waals surface area contributed by atoms with E-state index in [1.807, 2.05) is 6.92 Å². The summed E-state index contributed by atoms with van der Waals surface area (Å²) >= 11 is 1.77. The molecule has 0 saturated heterocycles. The molecule has 0 spiro atoms. The molecule has 3 nitrogen and oxygen atoms in total. The van der Waals surface area contributed by atoms with Crippen LogP contribution in [0.25, 0.3) is 0 Å². The van der Waals surface area contributed by atoms with Crippen LogP contribution in [0.2, 0.25) is 0 Å². The van der Waals surface area contributed by atoms with Gasteiger partial charge >= 0.3 is 0 Å². The Hall–Kier alpha value is -0.510. The summed E-state index contributed by atoms with van der Waals surface area (Å²) in [5, 5.41) is 5.28.